The SMILES string of the molecule is CCC#CC[C@@H](C)C(=O)OC. The minimum atomic E-state index is -0.185. The van der Waals surface area contributed by atoms with Crippen molar-refractivity contribution in [2.75, 3.05) is 7.11 Å². The summed E-state index contributed by atoms with van der Waals surface area (Å²) in [4.78, 5) is 10.8. The second kappa shape index (κ2) is 5.79. The second-order valence-corrected chi connectivity index (χ2v) is 2.34. The first kappa shape index (κ1) is 10.0. The summed E-state index contributed by atoms with van der Waals surface area (Å²) in [6.07, 6.45) is 1.44. The molecule has 0 N–H and O–H groups in total. The van der Waals surface area contributed by atoms with Crippen molar-refractivity contribution in [3.8, 4) is 11.8 Å². The van der Waals surface area contributed by atoms with E-state index in [9.17, 15) is 4.79 Å². The molecule has 1 atom stereocenters. The van der Waals surface area contributed by atoms with Gasteiger partial charge in [-0.2, -0.15) is 0 Å². The maximum absolute atomic E-state index is 10.8. The topological polar surface area (TPSA) is 26.3 Å². The lowest BCUT2D eigenvalue weighted by molar-refractivity contribution is -0.144. The van der Waals surface area contributed by atoms with Crippen LogP contribution < -0.4 is 0 Å². The number of ether oxygens (including phenoxy) is 1. The molecule has 0 saturated heterocycles. The van der Waals surface area contributed by atoms with Crippen molar-refractivity contribution in [3.05, 3.63) is 0 Å². The molecule has 2 nitrogen and oxygen atoms in total. The Morgan fingerprint density at radius 3 is 2.64 bits per heavy atom. The summed E-state index contributed by atoms with van der Waals surface area (Å²) in [6, 6.07) is 0. The molecule has 0 unspecified atom stereocenters. The molecule has 62 valence electrons. The van der Waals surface area contributed by atoms with Crippen LogP contribution in [0.5, 0.6) is 0 Å². The first-order valence-corrected chi connectivity index (χ1v) is 3.75. The number of rotatable bonds is 2. The van der Waals surface area contributed by atoms with E-state index in [1.54, 1.807) is 0 Å². The number of hydrogen-bond acceptors (Lipinski definition) is 2. The quantitative estimate of drug-likeness (QED) is 0.446. The van der Waals surface area contributed by atoms with Crippen molar-refractivity contribution in [3.63, 3.8) is 0 Å². The van der Waals surface area contributed by atoms with Gasteiger partial charge >= 0.3 is 5.97 Å². The number of esters is 1. The fourth-order valence-corrected chi connectivity index (χ4v) is 0.635. The first-order valence-electron chi connectivity index (χ1n) is 3.75. The zero-order valence-corrected chi connectivity index (χ0v) is 7.31. The van der Waals surface area contributed by atoms with Crippen LogP contribution in [-0.4, -0.2) is 13.1 Å². The molecule has 0 radical (unpaired) electrons. The van der Waals surface area contributed by atoms with Gasteiger partial charge in [0.15, 0.2) is 0 Å². The predicted molar refractivity (Wildman–Crippen MR) is 43.9 cm³/mol. The molecule has 0 heterocycles. The van der Waals surface area contributed by atoms with E-state index in [-0.39, 0.29) is 11.9 Å². The van der Waals surface area contributed by atoms with Crippen LogP contribution in [0.4, 0.5) is 0 Å². The molecule has 0 saturated carbocycles. The molecule has 0 aliphatic rings. The van der Waals surface area contributed by atoms with Gasteiger partial charge in [0.25, 0.3) is 0 Å². The Bertz CT molecular complexity index is 174. The van der Waals surface area contributed by atoms with E-state index in [4.69, 9.17) is 0 Å². The Hall–Kier alpha value is -0.970. The molecule has 0 amide bonds. The van der Waals surface area contributed by atoms with Gasteiger partial charge in [-0.05, 0) is 0 Å². The molecule has 0 aromatic carbocycles. The molecule has 0 rings (SSSR count). The molecule has 11 heavy (non-hydrogen) atoms. The summed E-state index contributed by atoms with van der Waals surface area (Å²) in [6.45, 7) is 3.80. The molecule has 0 bridgehead atoms. The van der Waals surface area contributed by atoms with Gasteiger partial charge in [0.05, 0.1) is 13.0 Å². The largest absolute Gasteiger partial charge is 0.469 e. The van der Waals surface area contributed by atoms with Crippen LogP contribution in [0, 0.1) is 17.8 Å². The molecule has 0 aliphatic carbocycles. The van der Waals surface area contributed by atoms with Crippen LogP contribution in [0.25, 0.3) is 0 Å². The normalized spacial score (nSPS) is 11.2. The molecule has 2 heteroatoms. The minimum absolute atomic E-state index is 0.0981. The third-order valence-electron chi connectivity index (χ3n) is 1.31. The third kappa shape index (κ3) is 4.44. The van der Waals surface area contributed by atoms with Gasteiger partial charge in [0.1, 0.15) is 0 Å². The first-order chi connectivity index (χ1) is 5.22. The van der Waals surface area contributed by atoms with Crippen molar-refractivity contribution in [1.29, 1.82) is 0 Å². The van der Waals surface area contributed by atoms with Gasteiger partial charge in [-0.3, -0.25) is 4.79 Å². The van der Waals surface area contributed by atoms with Crippen molar-refractivity contribution in [2.45, 2.75) is 26.7 Å². The van der Waals surface area contributed by atoms with Gasteiger partial charge < -0.3 is 4.74 Å². The fraction of sp³-hybridized carbons (Fsp3) is 0.667. The predicted octanol–water partition coefficient (Wildman–Crippen LogP) is 1.60. The highest BCUT2D eigenvalue weighted by molar-refractivity contribution is 5.72. The van der Waals surface area contributed by atoms with Crippen LogP contribution in [0.2, 0.25) is 0 Å². The van der Waals surface area contributed by atoms with E-state index in [1.807, 2.05) is 13.8 Å². The lowest BCUT2D eigenvalue weighted by atomic mass is 10.1. The smallest absolute Gasteiger partial charge is 0.309 e. The van der Waals surface area contributed by atoms with Gasteiger partial charge in [-0.1, -0.05) is 13.8 Å². The lowest BCUT2D eigenvalue weighted by Crippen LogP contribution is -2.11. The van der Waals surface area contributed by atoms with Crippen LogP contribution in [0.1, 0.15) is 26.7 Å². The van der Waals surface area contributed by atoms with Gasteiger partial charge in [0.2, 0.25) is 0 Å². The Morgan fingerprint density at radius 1 is 1.55 bits per heavy atom. The Balaban J connectivity index is 3.68. The average Bonchev–Trinajstić information content (AvgIpc) is 2.03. The van der Waals surface area contributed by atoms with Crippen molar-refractivity contribution >= 4 is 5.97 Å². The molecule has 0 aromatic rings. The Morgan fingerprint density at radius 2 is 2.18 bits per heavy atom. The maximum atomic E-state index is 10.8. The van der Waals surface area contributed by atoms with Crippen molar-refractivity contribution in [2.24, 2.45) is 5.92 Å². The summed E-state index contributed by atoms with van der Waals surface area (Å²) in [7, 11) is 1.39. The van der Waals surface area contributed by atoms with E-state index in [0.29, 0.717) is 6.42 Å². The highest BCUT2D eigenvalue weighted by atomic mass is 16.5. The molecule has 0 fully saturated rings. The van der Waals surface area contributed by atoms with Gasteiger partial charge in [-0.15, -0.1) is 11.8 Å². The standard InChI is InChI=1S/C9H14O2/c1-4-5-6-7-8(2)9(10)11-3/h8H,4,7H2,1-3H3/t8-/m1/s1. The molecular weight excluding hydrogens is 140 g/mol. The summed E-state index contributed by atoms with van der Waals surface area (Å²) in [5.74, 6) is 5.52. The highest BCUT2D eigenvalue weighted by Crippen LogP contribution is 2.01. The lowest BCUT2D eigenvalue weighted by Gasteiger charge is -2.02. The molecule has 0 aromatic heterocycles. The van der Waals surface area contributed by atoms with Crippen LogP contribution in [0.3, 0.4) is 0 Å². The van der Waals surface area contributed by atoms with E-state index >= 15 is 0 Å². The summed E-state index contributed by atoms with van der Waals surface area (Å²) >= 11 is 0. The fourth-order valence-electron chi connectivity index (χ4n) is 0.635. The molecule has 0 aliphatic heterocycles. The summed E-state index contributed by atoms with van der Waals surface area (Å²) < 4.78 is 4.54. The van der Waals surface area contributed by atoms with E-state index < -0.39 is 0 Å². The monoisotopic (exact) mass is 154 g/mol. The van der Waals surface area contributed by atoms with E-state index in [0.717, 1.165) is 6.42 Å². The maximum Gasteiger partial charge on any atom is 0.309 e. The highest BCUT2D eigenvalue weighted by Gasteiger charge is 2.10. The van der Waals surface area contributed by atoms with Crippen molar-refractivity contribution in [1.82, 2.24) is 0 Å². The second-order valence-electron chi connectivity index (χ2n) is 2.34. The summed E-state index contributed by atoms with van der Waals surface area (Å²) in [5, 5.41) is 0. The molecule has 0 spiro atoms. The Kier molecular flexibility index (Phi) is 5.28. The third-order valence-corrected chi connectivity index (χ3v) is 1.31. The average molecular weight is 154 g/mol. The van der Waals surface area contributed by atoms with Gasteiger partial charge in [-0.25, -0.2) is 0 Å². The molecular formula is C9H14O2. The zero-order chi connectivity index (χ0) is 8.69. The van der Waals surface area contributed by atoms with Crippen LogP contribution in [-0.2, 0) is 9.53 Å². The van der Waals surface area contributed by atoms with Gasteiger partial charge in [0, 0.05) is 12.8 Å². The van der Waals surface area contributed by atoms with E-state index in [1.165, 1.54) is 7.11 Å². The zero-order valence-electron chi connectivity index (χ0n) is 7.31. The summed E-state index contributed by atoms with van der Waals surface area (Å²) in [5.41, 5.74) is 0. The minimum Gasteiger partial charge on any atom is -0.469 e. The number of carbonyl (C=O) groups is 1. The number of carbonyl (C=O) groups excluding carboxylic acids is 1. The van der Waals surface area contributed by atoms with Crippen molar-refractivity contribution < 1.29 is 9.53 Å². The van der Waals surface area contributed by atoms with Crippen LogP contribution in [0.15, 0.2) is 0 Å². The van der Waals surface area contributed by atoms with E-state index in [2.05, 4.69) is 16.6 Å². The number of hydrogen-bond donors (Lipinski definition) is 0. The Labute approximate surface area is 67.9 Å². The number of methoxy groups -OCH3 is 1. The van der Waals surface area contributed by atoms with Crippen LogP contribution >= 0.6 is 0 Å².